The maximum absolute atomic E-state index is 14.5. The Kier molecular flexibility index (Phi) is 8.25. The Bertz CT molecular complexity index is 913. The fourth-order valence-electron chi connectivity index (χ4n) is 5.07. The van der Waals surface area contributed by atoms with E-state index < -0.39 is 45.6 Å². The molecule has 34 heavy (non-hydrogen) atoms. The van der Waals surface area contributed by atoms with Gasteiger partial charge in [-0.2, -0.15) is 0 Å². The number of rotatable bonds is 7. The van der Waals surface area contributed by atoms with Crippen molar-refractivity contribution in [2.24, 2.45) is 5.92 Å². The van der Waals surface area contributed by atoms with Crippen LogP contribution in [0, 0.1) is 23.4 Å². The molecule has 2 aliphatic rings. The Morgan fingerprint density at radius 2 is 1.68 bits per heavy atom. The van der Waals surface area contributed by atoms with Crippen LogP contribution < -0.4 is 10.0 Å². The first kappa shape index (κ1) is 26.8. The summed E-state index contributed by atoms with van der Waals surface area (Å²) in [4.78, 5) is 26.3. The Hall–Kier alpha value is -1.78. The van der Waals surface area contributed by atoms with E-state index >= 15 is 0 Å². The van der Waals surface area contributed by atoms with Gasteiger partial charge in [-0.1, -0.05) is 0 Å². The predicted molar refractivity (Wildman–Crippen MR) is 124 cm³/mol. The van der Waals surface area contributed by atoms with Crippen molar-refractivity contribution in [2.45, 2.75) is 95.6 Å². The normalized spacial score (nSPS) is 25.1. The number of amides is 2. The van der Waals surface area contributed by atoms with Crippen LogP contribution in [0.2, 0.25) is 0 Å². The zero-order valence-electron chi connectivity index (χ0n) is 20.3. The molecule has 2 aliphatic heterocycles. The molecule has 0 aliphatic carbocycles. The van der Waals surface area contributed by atoms with Gasteiger partial charge < -0.3 is 14.8 Å². The minimum Gasteiger partial charge on any atom is -0.598 e. The third-order valence-electron chi connectivity index (χ3n) is 6.73. The molecule has 0 aromatic heterocycles. The van der Waals surface area contributed by atoms with Crippen LogP contribution in [0.4, 0.5) is 13.2 Å². The molecular weight excluding hydrogens is 467 g/mol. The second-order valence-corrected chi connectivity index (χ2v) is 12.4. The van der Waals surface area contributed by atoms with Crippen molar-refractivity contribution in [3.8, 4) is 0 Å². The van der Waals surface area contributed by atoms with Crippen molar-refractivity contribution in [1.82, 2.24) is 14.9 Å². The molecule has 2 saturated heterocycles. The molecule has 2 bridgehead atoms. The maximum atomic E-state index is 14.5. The van der Waals surface area contributed by atoms with Crippen molar-refractivity contribution in [3.63, 3.8) is 0 Å². The number of benzene rings is 1. The highest BCUT2D eigenvalue weighted by Gasteiger charge is 2.47. The Morgan fingerprint density at radius 1 is 1.12 bits per heavy atom. The van der Waals surface area contributed by atoms with Crippen molar-refractivity contribution >= 4 is 23.2 Å². The molecule has 6 nitrogen and oxygen atoms in total. The van der Waals surface area contributed by atoms with Crippen LogP contribution in [0.15, 0.2) is 12.1 Å². The Balaban J connectivity index is 1.82. The fraction of sp³-hybridized carbons (Fsp3) is 0.667. The molecule has 0 spiro atoms. The first-order chi connectivity index (χ1) is 15.8. The van der Waals surface area contributed by atoms with Gasteiger partial charge in [-0.25, -0.2) is 13.2 Å². The van der Waals surface area contributed by atoms with Crippen LogP contribution in [0.5, 0.6) is 0 Å². The summed E-state index contributed by atoms with van der Waals surface area (Å²) in [6.45, 7) is 8.49. The number of carbonyl (C=O) groups excluding carboxylic acids is 2. The first-order valence-corrected chi connectivity index (χ1v) is 12.8. The summed E-state index contributed by atoms with van der Waals surface area (Å²) < 4.78 is 57.2. The van der Waals surface area contributed by atoms with E-state index in [-0.39, 0.29) is 41.8 Å². The third-order valence-corrected chi connectivity index (χ3v) is 8.36. The fourth-order valence-corrected chi connectivity index (χ4v) is 5.98. The van der Waals surface area contributed by atoms with Crippen LogP contribution >= 0.6 is 0 Å². The summed E-state index contributed by atoms with van der Waals surface area (Å²) in [6.07, 6.45) is 2.90. The molecule has 2 fully saturated rings. The summed E-state index contributed by atoms with van der Waals surface area (Å²) in [7, 11) is 0. The number of nitrogens with zero attached hydrogens (tertiary/aromatic N) is 1. The largest absolute Gasteiger partial charge is 0.598 e. The van der Waals surface area contributed by atoms with Gasteiger partial charge in [-0.15, -0.1) is 4.72 Å². The molecular formula is C24H34F3N3O3S. The molecule has 2 N–H and O–H groups in total. The Morgan fingerprint density at radius 3 is 2.21 bits per heavy atom. The lowest BCUT2D eigenvalue weighted by molar-refractivity contribution is -0.140. The van der Waals surface area contributed by atoms with Crippen molar-refractivity contribution in [3.05, 3.63) is 35.1 Å². The molecule has 1 aromatic rings. The van der Waals surface area contributed by atoms with E-state index in [1.54, 1.807) is 6.92 Å². The number of carbonyl (C=O) groups is 2. The highest BCUT2D eigenvalue weighted by molar-refractivity contribution is 7.90. The minimum atomic E-state index is -1.46. The van der Waals surface area contributed by atoms with Gasteiger partial charge in [0.1, 0.15) is 16.6 Å². The van der Waals surface area contributed by atoms with E-state index in [1.807, 2.05) is 25.7 Å². The zero-order valence-corrected chi connectivity index (χ0v) is 21.1. The lowest BCUT2D eigenvalue weighted by Crippen LogP contribution is -2.57. The monoisotopic (exact) mass is 501 g/mol. The van der Waals surface area contributed by atoms with Gasteiger partial charge in [0.15, 0.2) is 11.6 Å². The van der Waals surface area contributed by atoms with E-state index in [9.17, 15) is 27.3 Å². The number of hydrogen-bond acceptors (Lipinski definition) is 4. The van der Waals surface area contributed by atoms with Crippen molar-refractivity contribution in [2.75, 3.05) is 0 Å². The van der Waals surface area contributed by atoms with Gasteiger partial charge >= 0.3 is 0 Å². The highest BCUT2D eigenvalue weighted by atomic mass is 32.2. The average molecular weight is 502 g/mol. The van der Waals surface area contributed by atoms with Gasteiger partial charge in [0.25, 0.3) is 0 Å². The van der Waals surface area contributed by atoms with E-state index in [0.717, 1.165) is 18.9 Å². The van der Waals surface area contributed by atoms with Crippen LogP contribution in [-0.2, 0) is 27.4 Å². The van der Waals surface area contributed by atoms with E-state index in [2.05, 4.69) is 10.0 Å². The summed E-state index contributed by atoms with van der Waals surface area (Å²) in [5, 5.41) is 2.64. The number of fused-ring (bicyclic) bond motifs is 2. The molecule has 1 aromatic carbocycles. The summed E-state index contributed by atoms with van der Waals surface area (Å²) in [6, 6.07) is 0.228. The lowest BCUT2D eigenvalue weighted by Gasteiger charge is -2.43. The standard InChI is InChI=1S/C24H34F3N3O3S/c1-13(28-14(2)31)23(32)30-17-6-7-18(30)9-16(8-17)22(29-34(33)24(3,4)5)11-15-10-20(26)21(27)12-19(15)25/h10,12-13,16-18,22,29H,6-9,11H2,1-5H3,(H,28,31)/t13?,16?,17-,18?,22+,34-/m0/s1. The molecule has 3 rings (SSSR count). The summed E-state index contributed by atoms with van der Waals surface area (Å²) >= 11 is -1.46. The van der Waals surface area contributed by atoms with E-state index in [4.69, 9.17) is 0 Å². The number of hydrogen-bond donors (Lipinski definition) is 2. The smallest absolute Gasteiger partial charge is 0.245 e. The molecule has 0 radical (unpaired) electrons. The summed E-state index contributed by atoms with van der Waals surface area (Å²) in [5.74, 6) is -3.66. The molecule has 10 heteroatoms. The zero-order chi connectivity index (χ0) is 25.4. The van der Waals surface area contributed by atoms with Gasteiger partial charge in [0.05, 0.1) is 6.04 Å². The van der Waals surface area contributed by atoms with Crippen molar-refractivity contribution in [1.29, 1.82) is 0 Å². The minimum absolute atomic E-state index is 0.0208. The second kappa shape index (κ2) is 10.5. The third kappa shape index (κ3) is 6.07. The van der Waals surface area contributed by atoms with Gasteiger partial charge in [-0.05, 0) is 77.3 Å². The quantitative estimate of drug-likeness (QED) is 0.443. The van der Waals surface area contributed by atoms with E-state index in [0.29, 0.717) is 18.9 Å². The molecule has 6 atom stereocenters. The Labute approximate surface area is 202 Å². The van der Waals surface area contributed by atoms with Crippen LogP contribution in [0.25, 0.3) is 0 Å². The number of nitrogens with one attached hydrogen (secondary N) is 2. The van der Waals surface area contributed by atoms with E-state index in [1.165, 1.54) is 6.92 Å². The molecule has 190 valence electrons. The number of piperidine rings is 1. The number of halogens is 3. The SMILES string of the molecule is CC(=O)NC(C)C(=O)N1C2CC[C@H]1CC([C@@H](Cc1cc(F)c(F)cc1F)N[S@@+]([O-])C(C)(C)C)C2. The first-order valence-electron chi connectivity index (χ1n) is 11.7. The molecule has 2 amide bonds. The predicted octanol–water partition coefficient (Wildman–Crippen LogP) is 3.36. The molecule has 2 heterocycles. The molecule has 3 unspecified atom stereocenters. The van der Waals surface area contributed by atoms with Gasteiger partial charge in [-0.3, -0.25) is 9.59 Å². The van der Waals surface area contributed by atoms with Crippen LogP contribution in [0.1, 0.15) is 65.9 Å². The summed E-state index contributed by atoms with van der Waals surface area (Å²) in [5.41, 5.74) is 0.0208. The maximum Gasteiger partial charge on any atom is 0.245 e. The van der Waals surface area contributed by atoms with Crippen molar-refractivity contribution < 1.29 is 27.3 Å². The van der Waals surface area contributed by atoms with Gasteiger partial charge in [0, 0.05) is 36.4 Å². The van der Waals surface area contributed by atoms with Crippen LogP contribution in [0.3, 0.4) is 0 Å². The average Bonchev–Trinajstić information content (AvgIpc) is 2.98. The lowest BCUT2D eigenvalue weighted by atomic mass is 9.82. The van der Waals surface area contributed by atoms with Gasteiger partial charge in [0.2, 0.25) is 11.8 Å². The highest BCUT2D eigenvalue weighted by Crippen LogP contribution is 2.41. The molecule has 0 saturated carbocycles. The topological polar surface area (TPSA) is 84.5 Å². The van der Waals surface area contributed by atoms with Crippen LogP contribution in [-0.4, -0.2) is 50.2 Å². The second-order valence-electron chi connectivity index (χ2n) is 10.5.